The molecule has 2 rings (SSSR count). The van der Waals surface area contributed by atoms with Gasteiger partial charge in [-0.15, -0.1) is 0 Å². The number of nitrogens with one attached hydrogen (secondary N) is 1. The molecular formula is C13H10BrCl2NO2S. The molecule has 2 aromatic carbocycles. The lowest BCUT2D eigenvalue weighted by Gasteiger charge is -2.11. The topological polar surface area (TPSA) is 46.2 Å². The fourth-order valence-corrected chi connectivity index (χ4v) is 3.59. The van der Waals surface area contributed by atoms with Gasteiger partial charge in [-0.25, -0.2) is 8.42 Å². The molecule has 0 radical (unpaired) electrons. The van der Waals surface area contributed by atoms with Gasteiger partial charge in [-0.05, 0) is 64.8 Å². The van der Waals surface area contributed by atoms with Gasteiger partial charge in [-0.1, -0.05) is 23.2 Å². The molecule has 0 atom stereocenters. The largest absolute Gasteiger partial charge is 0.278 e. The predicted octanol–water partition coefficient (Wildman–Crippen LogP) is 4.87. The van der Waals surface area contributed by atoms with Crippen LogP contribution in [-0.2, 0) is 10.0 Å². The Hall–Kier alpha value is -0.750. The first-order valence-electron chi connectivity index (χ1n) is 5.53. The standard InChI is InChI=1S/C13H10BrCl2NO2S/c1-8-6-11(14)13(7-12(8)16)17-20(18,19)10-4-2-9(15)3-5-10/h2-7,17H,1H3. The minimum absolute atomic E-state index is 0.130. The highest BCUT2D eigenvalue weighted by Crippen LogP contribution is 2.30. The van der Waals surface area contributed by atoms with Gasteiger partial charge < -0.3 is 0 Å². The number of hydrogen-bond donors (Lipinski definition) is 1. The Morgan fingerprint density at radius 3 is 2.30 bits per heavy atom. The first kappa shape index (κ1) is 15.6. The molecule has 0 aromatic heterocycles. The molecule has 0 aliphatic rings. The molecule has 0 unspecified atom stereocenters. The van der Waals surface area contributed by atoms with Crippen LogP contribution in [0.5, 0.6) is 0 Å². The van der Waals surface area contributed by atoms with E-state index in [1.54, 1.807) is 12.1 Å². The molecule has 0 bridgehead atoms. The maximum absolute atomic E-state index is 12.2. The zero-order chi connectivity index (χ0) is 14.9. The minimum atomic E-state index is -3.68. The molecule has 20 heavy (non-hydrogen) atoms. The number of anilines is 1. The van der Waals surface area contributed by atoms with Crippen LogP contribution < -0.4 is 4.72 Å². The van der Waals surface area contributed by atoms with Crippen molar-refractivity contribution in [1.82, 2.24) is 0 Å². The van der Waals surface area contributed by atoms with E-state index in [1.807, 2.05) is 6.92 Å². The third-order valence-corrected chi connectivity index (χ3v) is 5.31. The van der Waals surface area contributed by atoms with Gasteiger partial charge in [0.25, 0.3) is 10.0 Å². The molecule has 0 saturated carbocycles. The van der Waals surface area contributed by atoms with Crippen LogP contribution >= 0.6 is 39.1 Å². The average Bonchev–Trinajstić information content (AvgIpc) is 2.36. The van der Waals surface area contributed by atoms with Crippen LogP contribution in [0.4, 0.5) is 5.69 Å². The van der Waals surface area contributed by atoms with Gasteiger partial charge in [-0.2, -0.15) is 0 Å². The summed E-state index contributed by atoms with van der Waals surface area (Å²) in [4.78, 5) is 0.130. The van der Waals surface area contributed by atoms with E-state index < -0.39 is 10.0 Å². The number of sulfonamides is 1. The van der Waals surface area contributed by atoms with Crippen molar-refractivity contribution >= 4 is 54.8 Å². The molecule has 1 N–H and O–H groups in total. The van der Waals surface area contributed by atoms with Crippen LogP contribution in [0, 0.1) is 6.92 Å². The molecule has 0 fully saturated rings. The van der Waals surface area contributed by atoms with Crippen molar-refractivity contribution in [2.24, 2.45) is 0 Å². The summed E-state index contributed by atoms with van der Waals surface area (Å²) in [7, 11) is -3.68. The highest BCUT2D eigenvalue weighted by atomic mass is 79.9. The van der Waals surface area contributed by atoms with Crippen LogP contribution in [0.1, 0.15) is 5.56 Å². The van der Waals surface area contributed by atoms with Gasteiger partial charge >= 0.3 is 0 Å². The van der Waals surface area contributed by atoms with Crippen LogP contribution in [0.25, 0.3) is 0 Å². The zero-order valence-corrected chi connectivity index (χ0v) is 14.2. The maximum atomic E-state index is 12.2. The third kappa shape index (κ3) is 3.47. The predicted molar refractivity (Wildman–Crippen MR) is 86.1 cm³/mol. The Labute approximate surface area is 136 Å². The van der Waals surface area contributed by atoms with Crippen molar-refractivity contribution in [3.63, 3.8) is 0 Å². The summed E-state index contributed by atoms with van der Waals surface area (Å²) in [5.41, 5.74) is 1.24. The van der Waals surface area contributed by atoms with Crippen LogP contribution in [0.3, 0.4) is 0 Å². The van der Waals surface area contributed by atoms with Crippen molar-refractivity contribution in [2.45, 2.75) is 11.8 Å². The Morgan fingerprint density at radius 2 is 1.70 bits per heavy atom. The molecular weight excluding hydrogens is 385 g/mol. The fraction of sp³-hybridized carbons (Fsp3) is 0.0769. The molecule has 0 aliphatic carbocycles. The lowest BCUT2D eigenvalue weighted by Crippen LogP contribution is -2.13. The van der Waals surface area contributed by atoms with Gasteiger partial charge in [0.1, 0.15) is 0 Å². The molecule has 0 amide bonds. The monoisotopic (exact) mass is 393 g/mol. The summed E-state index contributed by atoms with van der Waals surface area (Å²) >= 11 is 15.1. The Morgan fingerprint density at radius 1 is 1.10 bits per heavy atom. The second-order valence-corrected chi connectivity index (χ2v) is 7.52. The summed E-state index contributed by atoms with van der Waals surface area (Å²) in [5, 5.41) is 0.963. The first-order valence-corrected chi connectivity index (χ1v) is 8.57. The molecule has 0 aliphatic heterocycles. The van der Waals surface area contributed by atoms with E-state index >= 15 is 0 Å². The Kier molecular flexibility index (Phi) is 4.64. The molecule has 2 aromatic rings. The Bertz CT molecular complexity index is 746. The number of hydrogen-bond acceptors (Lipinski definition) is 2. The fourth-order valence-electron chi connectivity index (χ4n) is 1.54. The second-order valence-electron chi connectivity index (χ2n) is 4.14. The van der Waals surface area contributed by atoms with Crippen molar-refractivity contribution in [2.75, 3.05) is 4.72 Å². The van der Waals surface area contributed by atoms with Crippen LogP contribution in [0.15, 0.2) is 45.8 Å². The SMILES string of the molecule is Cc1cc(Br)c(NS(=O)(=O)c2ccc(Cl)cc2)cc1Cl. The van der Waals surface area contributed by atoms with Crippen molar-refractivity contribution < 1.29 is 8.42 Å². The molecule has 7 heteroatoms. The lowest BCUT2D eigenvalue weighted by molar-refractivity contribution is 0.601. The molecule has 106 valence electrons. The van der Waals surface area contributed by atoms with Gasteiger partial charge in [0.05, 0.1) is 10.6 Å². The van der Waals surface area contributed by atoms with Gasteiger partial charge in [0.2, 0.25) is 0 Å². The summed E-state index contributed by atoms with van der Waals surface area (Å²) in [6, 6.07) is 9.24. The van der Waals surface area contributed by atoms with E-state index in [0.29, 0.717) is 20.2 Å². The van der Waals surface area contributed by atoms with Crippen molar-refractivity contribution in [3.8, 4) is 0 Å². The van der Waals surface area contributed by atoms with E-state index in [4.69, 9.17) is 23.2 Å². The first-order chi connectivity index (χ1) is 9.29. The number of benzene rings is 2. The smallest absolute Gasteiger partial charge is 0.261 e. The van der Waals surface area contributed by atoms with E-state index in [0.717, 1.165) is 5.56 Å². The number of rotatable bonds is 3. The van der Waals surface area contributed by atoms with Crippen molar-refractivity contribution in [3.05, 3.63) is 56.5 Å². The zero-order valence-electron chi connectivity index (χ0n) is 10.3. The molecule has 0 spiro atoms. The number of aryl methyl sites for hydroxylation is 1. The minimum Gasteiger partial charge on any atom is -0.278 e. The quantitative estimate of drug-likeness (QED) is 0.807. The van der Waals surface area contributed by atoms with Gasteiger partial charge in [0.15, 0.2) is 0 Å². The maximum Gasteiger partial charge on any atom is 0.261 e. The normalized spacial score (nSPS) is 11.4. The van der Waals surface area contributed by atoms with Gasteiger partial charge in [-0.3, -0.25) is 4.72 Å². The molecule has 3 nitrogen and oxygen atoms in total. The average molecular weight is 395 g/mol. The Balaban J connectivity index is 2.38. The summed E-state index contributed by atoms with van der Waals surface area (Å²) in [6.07, 6.45) is 0. The molecule has 0 heterocycles. The van der Waals surface area contributed by atoms with E-state index in [2.05, 4.69) is 20.7 Å². The summed E-state index contributed by atoms with van der Waals surface area (Å²) in [6.45, 7) is 1.84. The highest BCUT2D eigenvalue weighted by molar-refractivity contribution is 9.10. The second kappa shape index (κ2) is 5.93. The summed E-state index contributed by atoms with van der Waals surface area (Å²) in [5.74, 6) is 0. The lowest BCUT2D eigenvalue weighted by atomic mass is 10.2. The highest BCUT2D eigenvalue weighted by Gasteiger charge is 2.16. The van der Waals surface area contributed by atoms with Gasteiger partial charge in [0, 0.05) is 14.5 Å². The van der Waals surface area contributed by atoms with Crippen LogP contribution in [-0.4, -0.2) is 8.42 Å². The van der Waals surface area contributed by atoms with Crippen LogP contribution in [0.2, 0.25) is 10.0 Å². The van der Waals surface area contributed by atoms with E-state index in [9.17, 15) is 8.42 Å². The van der Waals surface area contributed by atoms with E-state index in [1.165, 1.54) is 24.3 Å². The molecule has 0 saturated heterocycles. The number of halogens is 3. The van der Waals surface area contributed by atoms with Crippen molar-refractivity contribution in [1.29, 1.82) is 0 Å². The summed E-state index contributed by atoms with van der Waals surface area (Å²) < 4.78 is 27.6. The van der Waals surface area contributed by atoms with E-state index in [-0.39, 0.29) is 4.90 Å². The third-order valence-electron chi connectivity index (χ3n) is 2.62.